The molecule has 2 nitrogen and oxygen atoms in total. The normalized spacial score (nSPS) is 11.5. The molecule has 0 saturated heterocycles. The summed E-state index contributed by atoms with van der Waals surface area (Å²) >= 11 is 11.7. The Morgan fingerprint density at radius 3 is 2.29 bits per heavy atom. The van der Waals surface area contributed by atoms with Crippen molar-refractivity contribution in [3.63, 3.8) is 0 Å². The molecule has 0 aromatic heterocycles. The van der Waals surface area contributed by atoms with Crippen molar-refractivity contribution in [2.45, 2.75) is 6.18 Å². The molecule has 0 aliphatic rings. The van der Waals surface area contributed by atoms with Gasteiger partial charge in [-0.25, -0.2) is 4.79 Å². The monoisotopic (exact) mass is 334 g/mol. The predicted molar refractivity (Wildman–Crippen MR) is 73.9 cm³/mol. The minimum absolute atomic E-state index is 0.0662. The van der Waals surface area contributed by atoms with Gasteiger partial charge in [0.25, 0.3) is 0 Å². The van der Waals surface area contributed by atoms with E-state index in [9.17, 15) is 18.0 Å². The molecule has 0 heterocycles. The molecule has 0 spiro atoms. The molecule has 7 heteroatoms. The Morgan fingerprint density at radius 1 is 1.05 bits per heavy atom. The summed E-state index contributed by atoms with van der Waals surface area (Å²) in [6.07, 6.45) is -4.52. The molecule has 0 bridgehead atoms. The zero-order valence-corrected chi connectivity index (χ0v) is 11.7. The highest BCUT2D eigenvalue weighted by molar-refractivity contribution is 6.34. The fourth-order valence-electron chi connectivity index (χ4n) is 1.79. The van der Waals surface area contributed by atoms with Crippen LogP contribution in [0.5, 0.6) is 0 Å². The minimum Gasteiger partial charge on any atom is -0.478 e. The predicted octanol–water partition coefficient (Wildman–Crippen LogP) is 5.38. The van der Waals surface area contributed by atoms with Gasteiger partial charge in [-0.3, -0.25) is 0 Å². The average molecular weight is 335 g/mol. The number of benzene rings is 2. The van der Waals surface area contributed by atoms with Gasteiger partial charge in [0.15, 0.2) is 0 Å². The van der Waals surface area contributed by atoms with Crippen LogP contribution in [0.15, 0.2) is 36.4 Å². The van der Waals surface area contributed by atoms with E-state index < -0.39 is 17.7 Å². The largest absolute Gasteiger partial charge is 0.478 e. The highest BCUT2D eigenvalue weighted by Crippen LogP contribution is 2.36. The van der Waals surface area contributed by atoms with Crippen molar-refractivity contribution in [3.8, 4) is 11.1 Å². The van der Waals surface area contributed by atoms with E-state index in [1.165, 1.54) is 18.2 Å². The molecule has 1 N–H and O–H groups in total. The molecule has 0 amide bonds. The first kappa shape index (κ1) is 15.7. The molecule has 0 saturated carbocycles. The van der Waals surface area contributed by atoms with Crippen LogP contribution in [0.2, 0.25) is 10.0 Å². The maximum absolute atomic E-state index is 12.7. The number of aromatic carboxylic acids is 1. The topological polar surface area (TPSA) is 37.3 Å². The van der Waals surface area contributed by atoms with Crippen LogP contribution < -0.4 is 0 Å². The molecule has 110 valence electrons. The molecule has 2 rings (SSSR count). The van der Waals surface area contributed by atoms with E-state index in [-0.39, 0.29) is 26.7 Å². The number of rotatable bonds is 2. The lowest BCUT2D eigenvalue weighted by molar-refractivity contribution is -0.137. The summed E-state index contributed by atoms with van der Waals surface area (Å²) in [7, 11) is 0. The van der Waals surface area contributed by atoms with Crippen LogP contribution in [0.3, 0.4) is 0 Å². The summed E-state index contributed by atoms with van der Waals surface area (Å²) in [5, 5.41) is 9.13. The molecule has 0 unspecified atom stereocenters. The smallest absolute Gasteiger partial charge is 0.416 e. The molecule has 0 aliphatic heterocycles. The second-order valence-corrected chi connectivity index (χ2v) is 5.07. The van der Waals surface area contributed by atoms with Crippen LogP contribution in [0.25, 0.3) is 11.1 Å². The quantitative estimate of drug-likeness (QED) is 0.800. The Hall–Kier alpha value is -1.72. The number of carboxylic acid groups (broad SMARTS) is 1. The van der Waals surface area contributed by atoms with E-state index in [0.29, 0.717) is 0 Å². The summed E-state index contributed by atoms with van der Waals surface area (Å²) < 4.78 is 38.2. The molecule has 0 atom stereocenters. The number of alkyl halides is 3. The van der Waals surface area contributed by atoms with Crippen molar-refractivity contribution < 1.29 is 23.1 Å². The lowest BCUT2D eigenvalue weighted by Crippen LogP contribution is -2.05. The van der Waals surface area contributed by atoms with Gasteiger partial charge in [-0.1, -0.05) is 23.2 Å². The van der Waals surface area contributed by atoms with Gasteiger partial charge in [-0.15, -0.1) is 0 Å². The molecular weight excluding hydrogens is 328 g/mol. The highest BCUT2D eigenvalue weighted by Gasteiger charge is 2.31. The summed E-state index contributed by atoms with van der Waals surface area (Å²) in [6.45, 7) is 0. The van der Waals surface area contributed by atoms with Crippen LogP contribution in [0, 0.1) is 0 Å². The maximum Gasteiger partial charge on any atom is 0.416 e. The number of carbonyl (C=O) groups is 1. The fourth-order valence-corrected chi connectivity index (χ4v) is 2.25. The van der Waals surface area contributed by atoms with Gasteiger partial charge >= 0.3 is 12.1 Å². The van der Waals surface area contributed by atoms with Gasteiger partial charge in [0.05, 0.1) is 11.1 Å². The lowest BCUT2D eigenvalue weighted by Gasteiger charge is -2.11. The SMILES string of the molecule is O=C(O)c1cc(Cl)cc(-c2cc(C(F)(F)F)ccc2Cl)c1. The number of hydrogen-bond donors (Lipinski definition) is 1. The standard InChI is InChI=1S/C14H7Cl2F3O2/c15-10-4-7(3-8(5-10)13(20)21)11-6-9(14(17,18)19)1-2-12(11)16/h1-6H,(H,20,21). The molecule has 21 heavy (non-hydrogen) atoms. The van der Waals surface area contributed by atoms with Gasteiger partial charge in [0, 0.05) is 15.6 Å². The van der Waals surface area contributed by atoms with Crippen LogP contribution in [0.4, 0.5) is 13.2 Å². The van der Waals surface area contributed by atoms with Crippen molar-refractivity contribution in [3.05, 3.63) is 57.6 Å². The molecule has 2 aromatic rings. The molecular formula is C14H7Cl2F3O2. The van der Waals surface area contributed by atoms with Crippen molar-refractivity contribution in [1.29, 1.82) is 0 Å². The summed E-state index contributed by atoms with van der Waals surface area (Å²) in [6, 6.07) is 6.61. The van der Waals surface area contributed by atoms with E-state index in [4.69, 9.17) is 28.3 Å². The Labute approximate surface area is 127 Å². The van der Waals surface area contributed by atoms with Crippen LogP contribution in [-0.4, -0.2) is 11.1 Å². The zero-order valence-electron chi connectivity index (χ0n) is 10.2. The Morgan fingerprint density at radius 2 is 1.71 bits per heavy atom. The Bertz CT molecular complexity index is 712. The van der Waals surface area contributed by atoms with Gasteiger partial charge in [0.2, 0.25) is 0 Å². The van der Waals surface area contributed by atoms with Gasteiger partial charge in [-0.05, 0) is 42.0 Å². The molecule has 0 radical (unpaired) electrons. The van der Waals surface area contributed by atoms with Crippen molar-refractivity contribution in [2.75, 3.05) is 0 Å². The second-order valence-electron chi connectivity index (χ2n) is 4.23. The highest BCUT2D eigenvalue weighted by atomic mass is 35.5. The third kappa shape index (κ3) is 3.49. The third-order valence-electron chi connectivity index (χ3n) is 2.75. The lowest BCUT2D eigenvalue weighted by atomic mass is 10.0. The van der Waals surface area contributed by atoms with Crippen LogP contribution in [0.1, 0.15) is 15.9 Å². The van der Waals surface area contributed by atoms with Crippen LogP contribution in [-0.2, 0) is 6.18 Å². The number of carboxylic acids is 1. The number of halogens is 5. The fraction of sp³-hybridized carbons (Fsp3) is 0.0714. The minimum atomic E-state index is -4.52. The maximum atomic E-state index is 12.7. The molecule has 2 aromatic carbocycles. The van der Waals surface area contributed by atoms with Gasteiger partial charge in [-0.2, -0.15) is 13.2 Å². The first-order valence-corrected chi connectivity index (χ1v) is 6.35. The van der Waals surface area contributed by atoms with Gasteiger partial charge in [0.1, 0.15) is 0 Å². The first-order valence-electron chi connectivity index (χ1n) is 5.59. The zero-order chi connectivity index (χ0) is 15.8. The van der Waals surface area contributed by atoms with E-state index in [1.807, 2.05) is 0 Å². The average Bonchev–Trinajstić information content (AvgIpc) is 2.37. The van der Waals surface area contributed by atoms with Crippen molar-refractivity contribution in [1.82, 2.24) is 0 Å². The Kier molecular flexibility index (Phi) is 4.16. The molecule has 0 fully saturated rings. The second kappa shape index (κ2) is 5.58. The Balaban J connectivity index is 2.64. The third-order valence-corrected chi connectivity index (χ3v) is 3.30. The molecule has 0 aliphatic carbocycles. The van der Waals surface area contributed by atoms with Gasteiger partial charge < -0.3 is 5.11 Å². The summed E-state index contributed by atoms with van der Waals surface area (Å²) in [4.78, 5) is 11.0. The summed E-state index contributed by atoms with van der Waals surface area (Å²) in [5.41, 5.74) is -0.739. The number of hydrogen-bond acceptors (Lipinski definition) is 1. The van der Waals surface area contributed by atoms with Crippen molar-refractivity contribution in [2.24, 2.45) is 0 Å². The summed E-state index contributed by atoms with van der Waals surface area (Å²) in [5.74, 6) is -1.23. The van der Waals surface area contributed by atoms with Crippen molar-refractivity contribution >= 4 is 29.2 Å². The van der Waals surface area contributed by atoms with E-state index in [0.717, 1.165) is 18.2 Å². The van der Waals surface area contributed by atoms with E-state index in [1.54, 1.807) is 0 Å². The van der Waals surface area contributed by atoms with E-state index in [2.05, 4.69) is 0 Å². The first-order chi connectivity index (χ1) is 9.68. The van der Waals surface area contributed by atoms with Crippen LogP contribution >= 0.6 is 23.2 Å². The van der Waals surface area contributed by atoms with E-state index >= 15 is 0 Å².